The lowest BCUT2D eigenvalue weighted by atomic mass is 10.2. The van der Waals surface area contributed by atoms with E-state index in [4.69, 9.17) is 4.74 Å². The molecule has 0 bridgehead atoms. The van der Waals surface area contributed by atoms with Gasteiger partial charge in [0.25, 0.3) is 5.56 Å². The molecular formula is C17H15IN2O2. The van der Waals surface area contributed by atoms with Crippen molar-refractivity contribution in [1.82, 2.24) is 9.55 Å². The quantitative estimate of drug-likeness (QED) is 0.482. The molecule has 0 N–H and O–H groups in total. The van der Waals surface area contributed by atoms with Gasteiger partial charge in [-0.05, 0) is 65.4 Å². The zero-order valence-corrected chi connectivity index (χ0v) is 14.1. The van der Waals surface area contributed by atoms with Crippen LogP contribution in [-0.4, -0.2) is 16.2 Å². The van der Waals surface area contributed by atoms with Crippen LogP contribution in [0.4, 0.5) is 0 Å². The highest BCUT2D eigenvalue weighted by atomic mass is 127. The molecule has 0 atom stereocenters. The van der Waals surface area contributed by atoms with Crippen molar-refractivity contribution in [2.75, 3.05) is 6.61 Å². The maximum atomic E-state index is 12.3. The van der Waals surface area contributed by atoms with Gasteiger partial charge in [-0.3, -0.25) is 9.36 Å². The summed E-state index contributed by atoms with van der Waals surface area (Å²) in [6, 6.07) is 15.3. The second-order valence-electron chi connectivity index (χ2n) is 4.92. The molecule has 1 heterocycles. The third-order valence-electron chi connectivity index (χ3n) is 3.36. The van der Waals surface area contributed by atoms with Crippen LogP contribution < -0.4 is 10.3 Å². The third-order valence-corrected chi connectivity index (χ3v) is 4.08. The summed E-state index contributed by atoms with van der Waals surface area (Å²) in [6.45, 7) is 1.17. The van der Waals surface area contributed by atoms with Crippen LogP contribution in [0, 0.1) is 3.57 Å². The van der Waals surface area contributed by atoms with Crippen molar-refractivity contribution in [3.05, 3.63) is 68.8 Å². The van der Waals surface area contributed by atoms with Gasteiger partial charge >= 0.3 is 0 Å². The van der Waals surface area contributed by atoms with Crippen molar-refractivity contribution in [2.24, 2.45) is 0 Å². The van der Waals surface area contributed by atoms with Gasteiger partial charge in [-0.25, -0.2) is 4.98 Å². The van der Waals surface area contributed by atoms with Crippen LogP contribution in [-0.2, 0) is 6.54 Å². The molecule has 5 heteroatoms. The third kappa shape index (κ3) is 3.47. The molecule has 2 aromatic carbocycles. The van der Waals surface area contributed by atoms with E-state index in [1.807, 2.05) is 48.5 Å². The lowest BCUT2D eigenvalue weighted by Gasteiger charge is -2.08. The van der Waals surface area contributed by atoms with Gasteiger partial charge in [0.1, 0.15) is 5.75 Å². The highest BCUT2D eigenvalue weighted by Crippen LogP contribution is 2.13. The fourth-order valence-electron chi connectivity index (χ4n) is 2.22. The van der Waals surface area contributed by atoms with E-state index in [-0.39, 0.29) is 5.56 Å². The fraction of sp³-hybridized carbons (Fsp3) is 0.176. The first-order valence-electron chi connectivity index (χ1n) is 7.06. The Balaban J connectivity index is 1.61. The van der Waals surface area contributed by atoms with Crippen molar-refractivity contribution >= 4 is 33.5 Å². The molecule has 0 radical (unpaired) electrons. The molecule has 0 saturated heterocycles. The summed E-state index contributed by atoms with van der Waals surface area (Å²) in [6.07, 6.45) is 2.36. The number of ether oxygens (including phenoxy) is 1. The second-order valence-corrected chi connectivity index (χ2v) is 6.16. The van der Waals surface area contributed by atoms with Crippen molar-refractivity contribution in [3.8, 4) is 5.75 Å². The van der Waals surface area contributed by atoms with Gasteiger partial charge in [0.2, 0.25) is 0 Å². The van der Waals surface area contributed by atoms with E-state index in [2.05, 4.69) is 27.6 Å². The lowest BCUT2D eigenvalue weighted by molar-refractivity contribution is 0.300. The first-order chi connectivity index (χ1) is 10.7. The Labute approximate surface area is 141 Å². The van der Waals surface area contributed by atoms with Gasteiger partial charge in [0.15, 0.2) is 0 Å². The SMILES string of the molecule is O=c1c2ccccc2ncn1CCCOc1ccc(I)cc1. The zero-order valence-electron chi connectivity index (χ0n) is 11.9. The number of para-hydroxylation sites is 1. The van der Waals surface area contributed by atoms with Gasteiger partial charge in [-0.2, -0.15) is 0 Å². The Kier molecular flexibility index (Phi) is 4.72. The summed E-state index contributed by atoms with van der Waals surface area (Å²) >= 11 is 2.26. The normalized spacial score (nSPS) is 10.8. The Bertz CT molecular complexity index is 828. The molecule has 0 saturated carbocycles. The topological polar surface area (TPSA) is 44.1 Å². The highest BCUT2D eigenvalue weighted by Gasteiger charge is 2.03. The maximum Gasteiger partial charge on any atom is 0.261 e. The van der Waals surface area contributed by atoms with Gasteiger partial charge in [0, 0.05) is 10.1 Å². The molecule has 0 spiro atoms. The first-order valence-corrected chi connectivity index (χ1v) is 8.14. The molecule has 0 amide bonds. The molecule has 0 unspecified atom stereocenters. The number of benzene rings is 2. The molecule has 1 aromatic heterocycles. The molecule has 22 heavy (non-hydrogen) atoms. The van der Waals surface area contributed by atoms with E-state index in [0.717, 1.165) is 17.7 Å². The van der Waals surface area contributed by atoms with Crippen molar-refractivity contribution in [2.45, 2.75) is 13.0 Å². The Morgan fingerprint density at radius 1 is 1.09 bits per heavy atom. The molecule has 4 nitrogen and oxygen atoms in total. The average Bonchev–Trinajstić information content (AvgIpc) is 2.55. The van der Waals surface area contributed by atoms with E-state index >= 15 is 0 Å². The molecule has 3 aromatic rings. The Morgan fingerprint density at radius 2 is 1.86 bits per heavy atom. The predicted octanol–water partition coefficient (Wildman–Crippen LogP) is 3.47. The fourth-order valence-corrected chi connectivity index (χ4v) is 2.58. The Hall–Kier alpha value is -1.89. The molecule has 0 aliphatic carbocycles. The highest BCUT2D eigenvalue weighted by molar-refractivity contribution is 14.1. The maximum absolute atomic E-state index is 12.3. The summed E-state index contributed by atoms with van der Waals surface area (Å²) in [7, 11) is 0. The standard InChI is InChI=1S/C17H15IN2O2/c18-13-6-8-14(9-7-13)22-11-3-10-20-12-19-16-5-2-1-4-15(16)17(20)21/h1-2,4-9,12H,3,10-11H2. The number of fused-ring (bicyclic) bond motifs is 1. The number of halogens is 1. The molecule has 0 aliphatic heterocycles. The van der Waals surface area contributed by atoms with Gasteiger partial charge < -0.3 is 4.74 Å². The number of nitrogens with zero attached hydrogens (tertiary/aromatic N) is 2. The van der Waals surface area contributed by atoms with Gasteiger partial charge in [-0.1, -0.05) is 12.1 Å². The molecule has 3 rings (SSSR count). The van der Waals surface area contributed by atoms with Gasteiger partial charge in [-0.15, -0.1) is 0 Å². The van der Waals surface area contributed by atoms with Crippen LogP contribution in [0.2, 0.25) is 0 Å². The van der Waals surface area contributed by atoms with Crippen LogP contribution in [0.1, 0.15) is 6.42 Å². The summed E-state index contributed by atoms with van der Waals surface area (Å²) in [5, 5.41) is 0.656. The average molecular weight is 406 g/mol. The van der Waals surface area contributed by atoms with Crippen LogP contribution in [0.15, 0.2) is 59.7 Å². The van der Waals surface area contributed by atoms with E-state index in [1.54, 1.807) is 10.9 Å². The monoisotopic (exact) mass is 406 g/mol. The van der Waals surface area contributed by atoms with Crippen molar-refractivity contribution in [1.29, 1.82) is 0 Å². The lowest BCUT2D eigenvalue weighted by Crippen LogP contribution is -2.21. The summed E-state index contributed by atoms with van der Waals surface area (Å²) in [5.74, 6) is 0.851. The van der Waals surface area contributed by atoms with Crippen LogP contribution in [0.3, 0.4) is 0 Å². The molecular weight excluding hydrogens is 391 g/mol. The summed E-state index contributed by atoms with van der Waals surface area (Å²) in [5.41, 5.74) is 0.735. The second kappa shape index (κ2) is 6.91. The predicted molar refractivity (Wildman–Crippen MR) is 95.3 cm³/mol. The first kappa shape index (κ1) is 15.0. The van der Waals surface area contributed by atoms with Crippen molar-refractivity contribution < 1.29 is 4.74 Å². The van der Waals surface area contributed by atoms with Crippen LogP contribution in [0.25, 0.3) is 10.9 Å². The zero-order chi connectivity index (χ0) is 15.4. The molecule has 0 fully saturated rings. The van der Waals surface area contributed by atoms with E-state index in [9.17, 15) is 4.79 Å². The van der Waals surface area contributed by atoms with Gasteiger partial charge in [0.05, 0.1) is 23.8 Å². The number of aromatic nitrogens is 2. The number of aryl methyl sites for hydroxylation is 1. The number of hydrogen-bond donors (Lipinski definition) is 0. The summed E-state index contributed by atoms with van der Waals surface area (Å²) < 4.78 is 8.49. The molecule has 112 valence electrons. The largest absolute Gasteiger partial charge is 0.494 e. The van der Waals surface area contributed by atoms with E-state index < -0.39 is 0 Å². The molecule has 0 aliphatic rings. The van der Waals surface area contributed by atoms with E-state index in [0.29, 0.717) is 18.5 Å². The van der Waals surface area contributed by atoms with Crippen molar-refractivity contribution in [3.63, 3.8) is 0 Å². The number of rotatable bonds is 5. The summed E-state index contributed by atoms with van der Waals surface area (Å²) in [4.78, 5) is 16.6. The minimum atomic E-state index is -0.000125. The van der Waals surface area contributed by atoms with Crippen LogP contribution >= 0.6 is 22.6 Å². The number of hydrogen-bond acceptors (Lipinski definition) is 3. The van der Waals surface area contributed by atoms with E-state index in [1.165, 1.54) is 3.57 Å². The van der Waals surface area contributed by atoms with Crippen LogP contribution in [0.5, 0.6) is 5.75 Å². The Morgan fingerprint density at radius 3 is 2.68 bits per heavy atom. The minimum Gasteiger partial charge on any atom is -0.494 e. The minimum absolute atomic E-state index is 0.000125. The smallest absolute Gasteiger partial charge is 0.261 e.